The zero-order valence-electron chi connectivity index (χ0n) is 13.8. The lowest BCUT2D eigenvalue weighted by molar-refractivity contribution is -0.000202. The van der Waals surface area contributed by atoms with Gasteiger partial charge < -0.3 is 14.9 Å². The lowest BCUT2D eigenvalue weighted by Gasteiger charge is -2.41. The Labute approximate surface area is 145 Å². The number of aryl methyl sites for hydroxylation is 1. The van der Waals surface area contributed by atoms with E-state index in [1.54, 1.807) is 35.9 Å². The van der Waals surface area contributed by atoms with Crippen molar-refractivity contribution in [3.8, 4) is 0 Å². The van der Waals surface area contributed by atoms with Crippen molar-refractivity contribution in [2.24, 2.45) is 0 Å². The van der Waals surface area contributed by atoms with Gasteiger partial charge in [-0.25, -0.2) is 15.0 Å². The van der Waals surface area contributed by atoms with Crippen LogP contribution in [0.2, 0.25) is 0 Å². The van der Waals surface area contributed by atoms with Gasteiger partial charge in [-0.3, -0.25) is 4.79 Å². The zero-order chi connectivity index (χ0) is 17.2. The molecule has 128 valence electrons. The minimum absolute atomic E-state index is 0.100. The average Bonchev–Trinajstić information content (AvgIpc) is 3.00. The smallest absolute Gasteiger partial charge is 0.265 e. The molecular formula is C16H21N5O2S. The Bertz CT molecular complexity index is 708. The normalized spacial score (nSPS) is 20.9. The van der Waals surface area contributed by atoms with Crippen LogP contribution in [0.15, 0.2) is 24.0 Å². The molecule has 24 heavy (non-hydrogen) atoms. The number of carbonyl (C=O) groups is 1. The Morgan fingerprint density at radius 1 is 1.42 bits per heavy atom. The minimum Gasteiger partial charge on any atom is -0.386 e. The molecule has 1 N–H and O–H groups in total. The fourth-order valence-corrected chi connectivity index (χ4v) is 3.86. The summed E-state index contributed by atoms with van der Waals surface area (Å²) in [4.78, 5) is 29.3. The van der Waals surface area contributed by atoms with Crippen LogP contribution in [0.1, 0.15) is 28.2 Å². The van der Waals surface area contributed by atoms with Gasteiger partial charge in [0.2, 0.25) is 5.95 Å². The first kappa shape index (κ1) is 16.8. The molecule has 0 radical (unpaired) electrons. The molecule has 2 aromatic heterocycles. The quantitative estimate of drug-likeness (QED) is 0.899. The first-order valence-electron chi connectivity index (χ1n) is 7.88. The van der Waals surface area contributed by atoms with Crippen LogP contribution in [-0.2, 0) is 0 Å². The first-order chi connectivity index (χ1) is 11.5. The van der Waals surface area contributed by atoms with Crippen LogP contribution in [-0.4, -0.2) is 63.1 Å². The third-order valence-corrected chi connectivity index (χ3v) is 5.12. The molecule has 1 unspecified atom stereocenters. The third-order valence-electron chi connectivity index (χ3n) is 4.21. The predicted molar refractivity (Wildman–Crippen MR) is 92.2 cm³/mol. The number of aromatic nitrogens is 3. The topological polar surface area (TPSA) is 82.5 Å². The van der Waals surface area contributed by atoms with E-state index in [1.807, 2.05) is 11.8 Å². The molecule has 0 saturated carbocycles. The number of likely N-dealkylation sites (N-methyl/N-ethyl adjacent to an activating group) is 1. The van der Waals surface area contributed by atoms with Crippen molar-refractivity contribution >= 4 is 23.2 Å². The number of hydrogen-bond donors (Lipinski definition) is 1. The van der Waals surface area contributed by atoms with Crippen molar-refractivity contribution in [1.29, 1.82) is 0 Å². The summed E-state index contributed by atoms with van der Waals surface area (Å²) >= 11 is 1.33. The molecule has 0 aromatic carbocycles. The van der Waals surface area contributed by atoms with E-state index < -0.39 is 5.60 Å². The van der Waals surface area contributed by atoms with E-state index in [-0.39, 0.29) is 12.5 Å². The molecule has 0 bridgehead atoms. The van der Waals surface area contributed by atoms with Crippen molar-refractivity contribution in [3.63, 3.8) is 0 Å². The summed E-state index contributed by atoms with van der Waals surface area (Å²) in [7, 11) is 1.72. The van der Waals surface area contributed by atoms with Gasteiger partial charge >= 0.3 is 0 Å². The standard InChI is InChI=1S/C16H21N5O2S/c1-12-13(24-11-19-12)14(22)20(2)9-16(23)5-3-8-21(10-16)15-17-6-4-7-18-15/h4,6-7,11,23H,3,5,8-10H2,1-2H3. The molecule has 1 atom stereocenters. The Kier molecular flexibility index (Phi) is 4.77. The summed E-state index contributed by atoms with van der Waals surface area (Å²) < 4.78 is 0. The van der Waals surface area contributed by atoms with E-state index >= 15 is 0 Å². The van der Waals surface area contributed by atoms with E-state index in [0.29, 0.717) is 23.8 Å². The highest BCUT2D eigenvalue weighted by Crippen LogP contribution is 2.25. The number of thiazole rings is 1. The highest BCUT2D eigenvalue weighted by atomic mass is 32.1. The monoisotopic (exact) mass is 347 g/mol. The molecule has 8 heteroatoms. The summed E-state index contributed by atoms with van der Waals surface area (Å²) in [6, 6.07) is 1.77. The molecule has 3 heterocycles. The molecule has 0 spiro atoms. The number of carbonyl (C=O) groups excluding carboxylic acids is 1. The van der Waals surface area contributed by atoms with E-state index in [1.165, 1.54) is 11.3 Å². The molecule has 7 nitrogen and oxygen atoms in total. The van der Waals surface area contributed by atoms with Crippen LogP contribution in [0.25, 0.3) is 0 Å². The molecule has 3 rings (SSSR count). The second-order valence-corrected chi connectivity index (χ2v) is 7.08. The third kappa shape index (κ3) is 3.54. The number of β-amino-alcohol motifs (C(OH)–C–C–N with tert-alkyl or cyclic N) is 1. The van der Waals surface area contributed by atoms with Crippen molar-refractivity contribution in [1.82, 2.24) is 19.9 Å². The number of piperidine rings is 1. The van der Waals surface area contributed by atoms with Crippen LogP contribution in [0, 0.1) is 6.92 Å². The molecule has 1 amide bonds. The maximum atomic E-state index is 12.5. The Morgan fingerprint density at radius 2 is 2.17 bits per heavy atom. The van der Waals surface area contributed by atoms with Crippen LogP contribution in [0.5, 0.6) is 0 Å². The number of aliphatic hydroxyl groups is 1. The highest BCUT2D eigenvalue weighted by molar-refractivity contribution is 7.11. The second kappa shape index (κ2) is 6.82. The van der Waals surface area contributed by atoms with Gasteiger partial charge in [0.15, 0.2) is 0 Å². The van der Waals surface area contributed by atoms with Crippen LogP contribution in [0.3, 0.4) is 0 Å². The maximum absolute atomic E-state index is 12.5. The Balaban J connectivity index is 1.69. The SMILES string of the molecule is Cc1ncsc1C(=O)N(C)CC1(O)CCCN(c2ncccn2)C1. The van der Waals surface area contributed by atoms with Crippen LogP contribution >= 0.6 is 11.3 Å². The number of nitrogens with zero attached hydrogens (tertiary/aromatic N) is 5. The van der Waals surface area contributed by atoms with Crippen molar-refractivity contribution in [3.05, 3.63) is 34.5 Å². The van der Waals surface area contributed by atoms with Crippen molar-refractivity contribution in [2.45, 2.75) is 25.4 Å². The van der Waals surface area contributed by atoms with Gasteiger partial charge in [0.05, 0.1) is 29.9 Å². The van der Waals surface area contributed by atoms with E-state index in [2.05, 4.69) is 15.0 Å². The Morgan fingerprint density at radius 3 is 2.83 bits per heavy atom. The number of hydrogen-bond acceptors (Lipinski definition) is 7. The van der Waals surface area contributed by atoms with E-state index in [9.17, 15) is 9.90 Å². The average molecular weight is 347 g/mol. The summed E-state index contributed by atoms with van der Waals surface area (Å²) in [5, 5.41) is 11.0. The molecule has 2 aromatic rings. The molecule has 1 aliphatic heterocycles. The van der Waals surface area contributed by atoms with Gasteiger partial charge in [-0.15, -0.1) is 11.3 Å². The zero-order valence-corrected chi connectivity index (χ0v) is 14.7. The summed E-state index contributed by atoms with van der Waals surface area (Å²) in [6.07, 6.45) is 4.86. The summed E-state index contributed by atoms with van der Waals surface area (Å²) in [6.45, 7) is 3.31. The number of anilines is 1. The van der Waals surface area contributed by atoms with Gasteiger partial charge in [-0.05, 0) is 25.8 Å². The van der Waals surface area contributed by atoms with Crippen LogP contribution < -0.4 is 4.90 Å². The van der Waals surface area contributed by atoms with Gasteiger partial charge in [-0.1, -0.05) is 0 Å². The molecule has 1 fully saturated rings. The molecule has 1 saturated heterocycles. The second-order valence-electron chi connectivity index (χ2n) is 6.23. The predicted octanol–water partition coefficient (Wildman–Crippen LogP) is 1.35. The summed E-state index contributed by atoms with van der Waals surface area (Å²) in [5.74, 6) is 0.513. The van der Waals surface area contributed by atoms with E-state index in [4.69, 9.17) is 0 Å². The van der Waals surface area contributed by atoms with Gasteiger partial charge in [0.25, 0.3) is 5.91 Å². The fourth-order valence-electron chi connectivity index (χ4n) is 3.06. The highest BCUT2D eigenvalue weighted by Gasteiger charge is 2.36. The van der Waals surface area contributed by atoms with Gasteiger partial charge in [-0.2, -0.15) is 0 Å². The molecule has 1 aliphatic rings. The van der Waals surface area contributed by atoms with E-state index in [0.717, 1.165) is 18.7 Å². The lowest BCUT2D eigenvalue weighted by atomic mass is 9.92. The largest absolute Gasteiger partial charge is 0.386 e. The minimum atomic E-state index is -0.972. The Hall–Kier alpha value is -2.06. The fraction of sp³-hybridized carbons (Fsp3) is 0.500. The first-order valence-corrected chi connectivity index (χ1v) is 8.76. The molecule has 0 aliphatic carbocycles. The summed E-state index contributed by atoms with van der Waals surface area (Å²) in [5.41, 5.74) is 1.42. The maximum Gasteiger partial charge on any atom is 0.265 e. The van der Waals surface area contributed by atoms with Gasteiger partial charge in [0, 0.05) is 26.0 Å². The number of amides is 1. The van der Waals surface area contributed by atoms with Crippen LogP contribution in [0.4, 0.5) is 5.95 Å². The number of rotatable bonds is 4. The molecular weight excluding hydrogens is 326 g/mol. The van der Waals surface area contributed by atoms with Crippen molar-refractivity contribution in [2.75, 3.05) is 31.6 Å². The van der Waals surface area contributed by atoms with Gasteiger partial charge in [0.1, 0.15) is 4.88 Å². The lowest BCUT2D eigenvalue weighted by Crippen LogP contribution is -2.55. The van der Waals surface area contributed by atoms with Crippen molar-refractivity contribution < 1.29 is 9.90 Å².